The second-order valence-corrected chi connectivity index (χ2v) is 7.13. The quantitative estimate of drug-likeness (QED) is 0.481. The van der Waals surface area contributed by atoms with Crippen molar-refractivity contribution in [1.29, 1.82) is 0 Å². The summed E-state index contributed by atoms with van der Waals surface area (Å²) in [4.78, 5) is 0. The molecular weight excluding hydrogens is 384 g/mol. The summed E-state index contributed by atoms with van der Waals surface area (Å²) in [6, 6.07) is 20.2. The van der Waals surface area contributed by atoms with Crippen LogP contribution < -0.4 is 10.1 Å². The first-order valence-corrected chi connectivity index (χ1v) is 9.42. The Kier molecular flexibility index (Phi) is 6.73. The van der Waals surface area contributed by atoms with Crippen LogP contribution in [0, 0.1) is 5.82 Å². The highest BCUT2D eigenvalue weighted by atomic mass is 35.5. The van der Waals surface area contributed by atoms with Gasteiger partial charge in [0.05, 0.1) is 5.02 Å². The molecule has 3 aromatic rings. The Bertz CT molecular complexity index is 902. The average molecular weight is 404 g/mol. The summed E-state index contributed by atoms with van der Waals surface area (Å²) in [7, 11) is 0. The van der Waals surface area contributed by atoms with Gasteiger partial charge in [-0.05, 0) is 42.8 Å². The number of hydrogen-bond donors (Lipinski definition) is 1. The minimum atomic E-state index is -0.366. The molecule has 1 atom stereocenters. The van der Waals surface area contributed by atoms with E-state index in [-0.39, 0.29) is 18.5 Å². The molecular formula is C22H20Cl2FNO. The Morgan fingerprint density at radius 3 is 2.48 bits per heavy atom. The Morgan fingerprint density at radius 1 is 0.963 bits per heavy atom. The van der Waals surface area contributed by atoms with Crippen LogP contribution in [0.1, 0.15) is 29.7 Å². The molecule has 0 saturated carbocycles. The van der Waals surface area contributed by atoms with Gasteiger partial charge in [-0.1, -0.05) is 59.6 Å². The lowest BCUT2D eigenvalue weighted by Gasteiger charge is -2.17. The van der Waals surface area contributed by atoms with Crippen molar-refractivity contribution in [2.45, 2.75) is 26.1 Å². The van der Waals surface area contributed by atoms with Gasteiger partial charge in [0.25, 0.3) is 0 Å². The van der Waals surface area contributed by atoms with Gasteiger partial charge >= 0.3 is 0 Å². The molecule has 0 saturated heterocycles. The van der Waals surface area contributed by atoms with E-state index in [9.17, 15) is 4.39 Å². The Hall–Kier alpha value is -2.07. The van der Waals surface area contributed by atoms with Crippen molar-refractivity contribution in [3.63, 3.8) is 0 Å². The third kappa shape index (κ3) is 5.46. The Morgan fingerprint density at radius 2 is 1.74 bits per heavy atom. The lowest BCUT2D eigenvalue weighted by Crippen LogP contribution is -2.18. The van der Waals surface area contributed by atoms with Crippen LogP contribution in [-0.2, 0) is 13.2 Å². The molecule has 0 aliphatic heterocycles. The molecule has 140 valence electrons. The Labute approximate surface area is 168 Å². The zero-order valence-corrected chi connectivity index (χ0v) is 16.4. The van der Waals surface area contributed by atoms with Crippen LogP contribution in [0.15, 0.2) is 66.7 Å². The van der Waals surface area contributed by atoms with Gasteiger partial charge in [0, 0.05) is 28.7 Å². The van der Waals surface area contributed by atoms with Gasteiger partial charge in [-0.3, -0.25) is 0 Å². The van der Waals surface area contributed by atoms with Crippen LogP contribution in [0.4, 0.5) is 4.39 Å². The maximum absolute atomic E-state index is 13.2. The third-order valence-electron chi connectivity index (χ3n) is 4.32. The van der Waals surface area contributed by atoms with E-state index in [1.807, 2.05) is 30.3 Å². The van der Waals surface area contributed by atoms with Gasteiger partial charge < -0.3 is 10.1 Å². The number of hydrogen-bond acceptors (Lipinski definition) is 2. The molecule has 3 rings (SSSR count). The number of rotatable bonds is 7. The van der Waals surface area contributed by atoms with Gasteiger partial charge in [-0.15, -0.1) is 0 Å². The van der Waals surface area contributed by atoms with Gasteiger partial charge in [0.2, 0.25) is 0 Å². The molecule has 1 unspecified atom stereocenters. The first-order valence-electron chi connectivity index (χ1n) is 8.66. The van der Waals surface area contributed by atoms with Crippen molar-refractivity contribution < 1.29 is 9.13 Å². The maximum Gasteiger partial charge on any atom is 0.124 e. The monoisotopic (exact) mass is 403 g/mol. The first-order chi connectivity index (χ1) is 13.0. The summed E-state index contributed by atoms with van der Waals surface area (Å²) in [6.45, 7) is 2.96. The zero-order valence-electron chi connectivity index (χ0n) is 14.9. The summed E-state index contributed by atoms with van der Waals surface area (Å²) in [5.41, 5.74) is 2.88. The fourth-order valence-corrected chi connectivity index (χ4v) is 3.16. The average Bonchev–Trinajstić information content (AvgIpc) is 2.67. The van der Waals surface area contributed by atoms with E-state index in [2.05, 4.69) is 24.4 Å². The van der Waals surface area contributed by atoms with Crippen LogP contribution in [0.25, 0.3) is 0 Å². The summed E-state index contributed by atoms with van der Waals surface area (Å²) in [5.74, 6) is 0.350. The van der Waals surface area contributed by atoms with Crippen molar-refractivity contribution in [1.82, 2.24) is 5.32 Å². The first kappa shape index (κ1) is 19.7. The number of nitrogens with one attached hydrogen (secondary N) is 1. The van der Waals surface area contributed by atoms with E-state index in [0.29, 0.717) is 22.3 Å². The molecule has 0 fully saturated rings. The predicted octanol–water partition coefficient (Wildman–Crippen LogP) is 6.56. The summed E-state index contributed by atoms with van der Waals surface area (Å²) in [6.07, 6.45) is 0. The van der Waals surface area contributed by atoms with E-state index >= 15 is 0 Å². The van der Waals surface area contributed by atoms with Crippen LogP contribution in [0.2, 0.25) is 10.0 Å². The molecule has 0 aliphatic carbocycles. The fraction of sp³-hybridized carbons (Fsp3) is 0.182. The largest absolute Gasteiger partial charge is 0.489 e. The third-order valence-corrected chi connectivity index (χ3v) is 4.91. The second-order valence-electron chi connectivity index (χ2n) is 6.29. The van der Waals surface area contributed by atoms with E-state index in [0.717, 1.165) is 11.1 Å². The Balaban J connectivity index is 1.69. The molecule has 0 aromatic heterocycles. The van der Waals surface area contributed by atoms with Gasteiger partial charge in [-0.25, -0.2) is 4.39 Å². The van der Waals surface area contributed by atoms with Crippen LogP contribution in [0.5, 0.6) is 5.75 Å². The summed E-state index contributed by atoms with van der Waals surface area (Å²) in [5, 5.41) is 4.48. The van der Waals surface area contributed by atoms with E-state index in [1.54, 1.807) is 12.1 Å². The van der Waals surface area contributed by atoms with Gasteiger partial charge in [-0.2, -0.15) is 0 Å². The smallest absolute Gasteiger partial charge is 0.124 e. The minimum absolute atomic E-state index is 0.185. The van der Waals surface area contributed by atoms with Crippen molar-refractivity contribution >= 4 is 23.2 Å². The molecule has 5 heteroatoms. The number of halogens is 3. The minimum Gasteiger partial charge on any atom is -0.489 e. The normalized spacial score (nSPS) is 12.0. The highest BCUT2D eigenvalue weighted by molar-refractivity contribution is 6.31. The van der Waals surface area contributed by atoms with Crippen LogP contribution in [-0.4, -0.2) is 0 Å². The molecule has 0 radical (unpaired) electrons. The van der Waals surface area contributed by atoms with Crippen LogP contribution >= 0.6 is 23.2 Å². The number of ether oxygens (including phenoxy) is 1. The molecule has 0 aliphatic rings. The standard InChI is InChI=1S/C22H20Cl2FNO/c1-15(16-5-3-2-4-6-16)26-13-18-11-19(23)8-10-22(18)27-14-17-7-9-20(25)12-21(17)24/h2-12,15,26H,13-14H2,1H3. The molecule has 0 amide bonds. The molecule has 3 aromatic carbocycles. The van der Waals surface area contributed by atoms with Gasteiger partial charge in [0.1, 0.15) is 18.2 Å². The lowest BCUT2D eigenvalue weighted by atomic mass is 10.1. The topological polar surface area (TPSA) is 21.3 Å². The van der Waals surface area contributed by atoms with Crippen molar-refractivity contribution in [3.8, 4) is 5.75 Å². The fourth-order valence-electron chi connectivity index (χ4n) is 2.74. The highest BCUT2D eigenvalue weighted by Gasteiger charge is 2.10. The molecule has 2 nitrogen and oxygen atoms in total. The highest BCUT2D eigenvalue weighted by Crippen LogP contribution is 2.26. The number of benzene rings is 3. The van der Waals surface area contributed by atoms with E-state index in [4.69, 9.17) is 27.9 Å². The maximum atomic E-state index is 13.2. The van der Waals surface area contributed by atoms with Crippen LogP contribution in [0.3, 0.4) is 0 Å². The molecule has 0 spiro atoms. The van der Waals surface area contributed by atoms with Crippen molar-refractivity contribution in [3.05, 3.63) is 99.3 Å². The summed E-state index contributed by atoms with van der Waals surface area (Å²) >= 11 is 12.2. The van der Waals surface area contributed by atoms with E-state index < -0.39 is 0 Å². The summed E-state index contributed by atoms with van der Waals surface area (Å²) < 4.78 is 19.1. The SMILES string of the molecule is CC(NCc1cc(Cl)ccc1OCc1ccc(F)cc1Cl)c1ccccc1. The van der Waals surface area contributed by atoms with E-state index in [1.165, 1.54) is 17.7 Å². The van der Waals surface area contributed by atoms with Gasteiger partial charge in [0.15, 0.2) is 0 Å². The molecule has 0 bridgehead atoms. The molecule has 1 N–H and O–H groups in total. The molecule has 27 heavy (non-hydrogen) atoms. The van der Waals surface area contributed by atoms with Crippen molar-refractivity contribution in [2.75, 3.05) is 0 Å². The zero-order chi connectivity index (χ0) is 19.2. The molecule has 0 heterocycles. The van der Waals surface area contributed by atoms with Crippen molar-refractivity contribution in [2.24, 2.45) is 0 Å². The second kappa shape index (κ2) is 9.23. The lowest BCUT2D eigenvalue weighted by molar-refractivity contribution is 0.301. The predicted molar refractivity (Wildman–Crippen MR) is 109 cm³/mol.